The van der Waals surface area contributed by atoms with Gasteiger partial charge < -0.3 is 15.2 Å². The van der Waals surface area contributed by atoms with E-state index in [1.54, 1.807) is 10.9 Å². The summed E-state index contributed by atoms with van der Waals surface area (Å²) < 4.78 is 7.02. The van der Waals surface area contributed by atoms with Crippen LogP contribution >= 0.6 is 0 Å². The zero-order valence-corrected chi connectivity index (χ0v) is 9.38. The number of nitrogens with zero attached hydrogens (tertiary/aromatic N) is 2. The molecule has 16 heavy (non-hydrogen) atoms. The molecule has 1 atom stereocenters. The predicted molar refractivity (Wildman–Crippen MR) is 60.1 cm³/mol. The number of aliphatic hydroxyl groups excluding tert-OH is 1. The van der Waals surface area contributed by atoms with Gasteiger partial charge in [0, 0.05) is 38.2 Å². The van der Waals surface area contributed by atoms with Gasteiger partial charge in [0.15, 0.2) is 0 Å². The van der Waals surface area contributed by atoms with Crippen LogP contribution in [0.5, 0.6) is 0 Å². The first-order chi connectivity index (χ1) is 7.84. The number of aromatic nitrogens is 2. The largest absolute Gasteiger partial charge is 0.390 e. The average molecular weight is 225 g/mol. The Morgan fingerprint density at radius 2 is 2.31 bits per heavy atom. The third-order valence-electron chi connectivity index (χ3n) is 2.82. The molecule has 90 valence electrons. The highest BCUT2D eigenvalue weighted by Gasteiger charge is 2.14. The first kappa shape index (κ1) is 11.6. The number of nitrogens with one attached hydrogen (secondary N) is 1. The maximum atomic E-state index is 9.80. The molecule has 5 nitrogen and oxygen atoms in total. The van der Waals surface area contributed by atoms with Crippen LogP contribution in [0.2, 0.25) is 0 Å². The Morgan fingerprint density at radius 3 is 3.00 bits per heavy atom. The minimum atomic E-state index is -0.386. The van der Waals surface area contributed by atoms with Gasteiger partial charge in [0.05, 0.1) is 12.6 Å². The van der Waals surface area contributed by atoms with Gasteiger partial charge >= 0.3 is 0 Å². The maximum absolute atomic E-state index is 9.80. The summed E-state index contributed by atoms with van der Waals surface area (Å²) in [6.07, 6.45) is 5.27. The molecule has 1 aliphatic rings. The smallest absolute Gasteiger partial charge is 0.0860 e. The van der Waals surface area contributed by atoms with E-state index in [0.717, 1.165) is 26.1 Å². The Balaban J connectivity index is 1.65. The van der Waals surface area contributed by atoms with Crippen LogP contribution in [0.25, 0.3) is 0 Å². The molecule has 1 aliphatic heterocycles. The van der Waals surface area contributed by atoms with Gasteiger partial charge in [-0.1, -0.05) is 0 Å². The van der Waals surface area contributed by atoms with E-state index in [1.165, 1.54) is 0 Å². The second-order valence-electron chi connectivity index (χ2n) is 4.18. The van der Waals surface area contributed by atoms with E-state index in [9.17, 15) is 5.11 Å². The molecule has 5 heteroatoms. The summed E-state index contributed by atoms with van der Waals surface area (Å²) in [6.45, 7) is 2.81. The molecule has 1 aromatic rings. The molecular formula is C11H19N3O2. The van der Waals surface area contributed by atoms with Crippen molar-refractivity contribution < 1.29 is 9.84 Å². The lowest BCUT2D eigenvalue weighted by Crippen LogP contribution is -2.40. The summed E-state index contributed by atoms with van der Waals surface area (Å²) in [5.41, 5.74) is 0. The molecule has 0 radical (unpaired) electrons. The second kappa shape index (κ2) is 5.98. The summed E-state index contributed by atoms with van der Waals surface area (Å²) in [5.74, 6) is 0. The van der Waals surface area contributed by atoms with Crippen LogP contribution in [0.15, 0.2) is 18.5 Å². The first-order valence-electron chi connectivity index (χ1n) is 5.81. The molecule has 0 bridgehead atoms. The highest BCUT2D eigenvalue weighted by atomic mass is 16.5. The third-order valence-corrected chi connectivity index (χ3v) is 2.82. The lowest BCUT2D eigenvalue weighted by molar-refractivity contribution is 0.0706. The van der Waals surface area contributed by atoms with Gasteiger partial charge in [0.25, 0.3) is 0 Å². The molecule has 1 aromatic heterocycles. The van der Waals surface area contributed by atoms with Crippen molar-refractivity contribution >= 4 is 0 Å². The molecule has 0 amide bonds. The Kier molecular flexibility index (Phi) is 4.33. The Bertz CT molecular complexity index is 283. The molecule has 0 saturated carbocycles. The van der Waals surface area contributed by atoms with Crippen LogP contribution in [-0.2, 0) is 11.3 Å². The van der Waals surface area contributed by atoms with Crippen LogP contribution < -0.4 is 5.32 Å². The number of hydrogen-bond donors (Lipinski definition) is 2. The van der Waals surface area contributed by atoms with Gasteiger partial charge in [0.1, 0.15) is 0 Å². The Labute approximate surface area is 95.4 Å². The summed E-state index contributed by atoms with van der Waals surface area (Å²) in [5, 5.41) is 17.2. The Morgan fingerprint density at radius 1 is 1.50 bits per heavy atom. The quantitative estimate of drug-likeness (QED) is 0.741. The highest BCUT2D eigenvalue weighted by molar-refractivity contribution is 4.79. The molecule has 2 rings (SSSR count). The molecule has 1 fully saturated rings. The molecule has 1 unspecified atom stereocenters. The van der Waals surface area contributed by atoms with E-state index in [2.05, 4.69) is 10.4 Å². The number of rotatable bonds is 5. The molecule has 0 aliphatic carbocycles. The van der Waals surface area contributed by atoms with Gasteiger partial charge in [-0.3, -0.25) is 4.68 Å². The van der Waals surface area contributed by atoms with Crippen LogP contribution in [0.1, 0.15) is 12.8 Å². The van der Waals surface area contributed by atoms with Crippen LogP contribution in [0, 0.1) is 0 Å². The van der Waals surface area contributed by atoms with E-state index in [0.29, 0.717) is 19.1 Å². The SMILES string of the molecule is OC(CNC1CCOCC1)Cn1cccn1. The van der Waals surface area contributed by atoms with Gasteiger partial charge in [-0.25, -0.2) is 0 Å². The van der Waals surface area contributed by atoms with E-state index in [4.69, 9.17) is 4.74 Å². The highest BCUT2D eigenvalue weighted by Crippen LogP contribution is 2.05. The van der Waals surface area contributed by atoms with Crippen molar-refractivity contribution in [1.82, 2.24) is 15.1 Å². The monoisotopic (exact) mass is 225 g/mol. The lowest BCUT2D eigenvalue weighted by atomic mass is 10.1. The number of ether oxygens (including phenoxy) is 1. The van der Waals surface area contributed by atoms with E-state index in [1.807, 2.05) is 12.3 Å². The first-order valence-corrected chi connectivity index (χ1v) is 5.81. The van der Waals surface area contributed by atoms with Crippen molar-refractivity contribution in [2.75, 3.05) is 19.8 Å². The topological polar surface area (TPSA) is 59.3 Å². The lowest BCUT2D eigenvalue weighted by Gasteiger charge is -2.24. The van der Waals surface area contributed by atoms with Crippen LogP contribution in [-0.4, -0.2) is 46.8 Å². The molecule has 0 spiro atoms. The molecular weight excluding hydrogens is 206 g/mol. The van der Waals surface area contributed by atoms with E-state index >= 15 is 0 Å². The fraction of sp³-hybridized carbons (Fsp3) is 0.727. The van der Waals surface area contributed by atoms with Gasteiger partial charge in [0.2, 0.25) is 0 Å². The van der Waals surface area contributed by atoms with Crippen molar-refractivity contribution in [2.24, 2.45) is 0 Å². The third kappa shape index (κ3) is 3.59. The van der Waals surface area contributed by atoms with Gasteiger partial charge in [-0.15, -0.1) is 0 Å². The van der Waals surface area contributed by atoms with Gasteiger partial charge in [-0.05, 0) is 18.9 Å². The maximum Gasteiger partial charge on any atom is 0.0860 e. The number of hydrogen-bond acceptors (Lipinski definition) is 4. The molecule has 0 aromatic carbocycles. The van der Waals surface area contributed by atoms with Crippen molar-refractivity contribution in [3.63, 3.8) is 0 Å². The van der Waals surface area contributed by atoms with E-state index < -0.39 is 0 Å². The summed E-state index contributed by atoms with van der Waals surface area (Å²) >= 11 is 0. The predicted octanol–water partition coefficient (Wildman–Crippen LogP) is 0.0126. The van der Waals surface area contributed by atoms with Gasteiger partial charge in [-0.2, -0.15) is 5.10 Å². The normalized spacial score (nSPS) is 19.8. The molecule has 1 saturated heterocycles. The summed E-state index contributed by atoms with van der Waals surface area (Å²) in [6, 6.07) is 2.35. The summed E-state index contributed by atoms with van der Waals surface area (Å²) in [4.78, 5) is 0. The van der Waals surface area contributed by atoms with Crippen molar-refractivity contribution in [3.05, 3.63) is 18.5 Å². The number of aliphatic hydroxyl groups is 1. The minimum absolute atomic E-state index is 0.386. The van der Waals surface area contributed by atoms with Crippen molar-refractivity contribution in [3.8, 4) is 0 Å². The fourth-order valence-electron chi connectivity index (χ4n) is 1.89. The zero-order chi connectivity index (χ0) is 11.2. The second-order valence-corrected chi connectivity index (χ2v) is 4.18. The van der Waals surface area contributed by atoms with Crippen LogP contribution in [0.4, 0.5) is 0 Å². The van der Waals surface area contributed by atoms with Crippen LogP contribution in [0.3, 0.4) is 0 Å². The standard InChI is InChI=1S/C11H19N3O2/c15-11(9-14-5-1-4-13-14)8-12-10-2-6-16-7-3-10/h1,4-5,10-12,15H,2-3,6-9H2. The fourth-order valence-corrected chi connectivity index (χ4v) is 1.89. The minimum Gasteiger partial charge on any atom is -0.390 e. The molecule has 2 heterocycles. The Hall–Kier alpha value is -0.910. The van der Waals surface area contributed by atoms with E-state index in [-0.39, 0.29) is 6.10 Å². The zero-order valence-electron chi connectivity index (χ0n) is 9.38. The summed E-state index contributed by atoms with van der Waals surface area (Å²) in [7, 11) is 0. The average Bonchev–Trinajstić information content (AvgIpc) is 2.81. The van der Waals surface area contributed by atoms with Crippen molar-refractivity contribution in [2.45, 2.75) is 31.5 Å². The van der Waals surface area contributed by atoms with Crippen molar-refractivity contribution in [1.29, 1.82) is 0 Å². The molecule has 2 N–H and O–H groups in total.